The molecule has 2 N–H and O–H groups in total. The van der Waals surface area contributed by atoms with Crippen LogP contribution in [-0.4, -0.2) is 32.3 Å². The van der Waals surface area contributed by atoms with Crippen LogP contribution in [0.25, 0.3) is 5.69 Å². The molecule has 184 valence electrons. The monoisotopic (exact) mass is 607 g/mol. The summed E-state index contributed by atoms with van der Waals surface area (Å²) >= 11 is 16.6. The number of nitrogens with zero attached hydrogens (tertiary/aromatic N) is 3. The Balaban J connectivity index is 1.52. The molecule has 0 bridgehead atoms. The standard InChI is InChI=1S/C24H17BrCl2FN5O2S/c25-14-5-8-16(9-6-14)33-21(12-29-23(35)17-10-7-15(26)11-18(17)27)31-32-24(33)36-13-22(34)30-20-4-2-1-3-19(20)28/h1-11H,12-13H2,(H,29,35)(H,30,34). The van der Waals surface area contributed by atoms with E-state index in [9.17, 15) is 14.0 Å². The molecule has 3 aromatic carbocycles. The second-order valence-corrected chi connectivity index (χ2v) is 10.0. The van der Waals surface area contributed by atoms with Crippen molar-refractivity contribution in [3.63, 3.8) is 0 Å². The fourth-order valence-corrected chi connectivity index (χ4v) is 4.69. The number of aromatic nitrogens is 3. The summed E-state index contributed by atoms with van der Waals surface area (Å²) in [7, 11) is 0. The van der Waals surface area contributed by atoms with Gasteiger partial charge >= 0.3 is 0 Å². The molecule has 4 rings (SSSR count). The fraction of sp³-hybridized carbons (Fsp3) is 0.0833. The number of thioether (sulfide) groups is 1. The summed E-state index contributed by atoms with van der Waals surface area (Å²) in [6.45, 7) is 0.0445. The Labute approximate surface area is 228 Å². The molecular formula is C24H17BrCl2FN5O2S. The second-order valence-electron chi connectivity index (χ2n) is 7.33. The van der Waals surface area contributed by atoms with Gasteiger partial charge in [0.25, 0.3) is 5.91 Å². The topological polar surface area (TPSA) is 88.9 Å². The van der Waals surface area contributed by atoms with Gasteiger partial charge in [-0.1, -0.05) is 63.0 Å². The molecule has 0 aliphatic carbocycles. The number of para-hydroxylation sites is 1. The SMILES string of the molecule is O=C(CSc1nnc(CNC(=O)c2ccc(Cl)cc2Cl)n1-c1ccc(Br)cc1)Nc1ccccc1F. The first-order valence-corrected chi connectivity index (χ1v) is 13.0. The Kier molecular flexibility index (Phi) is 8.63. The van der Waals surface area contributed by atoms with Crippen molar-refractivity contribution in [2.75, 3.05) is 11.1 Å². The van der Waals surface area contributed by atoms with Crippen molar-refractivity contribution >= 4 is 68.4 Å². The number of amides is 2. The van der Waals surface area contributed by atoms with E-state index < -0.39 is 17.6 Å². The number of benzene rings is 3. The van der Waals surface area contributed by atoms with Gasteiger partial charge in [-0.25, -0.2) is 4.39 Å². The normalized spacial score (nSPS) is 10.8. The van der Waals surface area contributed by atoms with Crippen molar-refractivity contribution < 1.29 is 14.0 Å². The Hall–Kier alpha value is -2.92. The maximum atomic E-state index is 13.9. The molecule has 0 saturated heterocycles. The number of hydrogen-bond donors (Lipinski definition) is 2. The highest BCUT2D eigenvalue weighted by molar-refractivity contribution is 9.10. The first-order chi connectivity index (χ1) is 17.3. The van der Waals surface area contributed by atoms with E-state index in [-0.39, 0.29) is 28.6 Å². The van der Waals surface area contributed by atoms with Crippen LogP contribution in [0.15, 0.2) is 76.4 Å². The number of carbonyl (C=O) groups excluding carboxylic acids is 2. The number of rotatable bonds is 8. The minimum Gasteiger partial charge on any atom is -0.345 e. The lowest BCUT2D eigenvalue weighted by Crippen LogP contribution is -2.25. The van der Waals surface area contributed by atoms with Crippen LogP contribution in [0.5, 0.6) is 0 Å². The number of nitrogens with one attached hydrogen (secondary N) is 2. The van der Waals surface area contributed by atoms with E-state index in [4.69, 9.17) is 23.2 Å². The van der Waals surface area contributed by atoms with Crippen molar-refractivity contribution in [1.29, 1.82) is 0 Å². The summed E-state index contributed by atoms with van der Waals surface area (Å²) in [5.41, 5.74) is 1.10. The number of carbonyl (C=O) groups is 2. The first-order valence-electron chi connectivity index (χ1n) is 10.4. The molecule has 7 nitrogen and oxygen atoms in total. The van der Waals surface area contributed by atoms with Gasteiger partial charge < -0.3 is 10.6 Å². The van der Waals surface area contributed by atoms with Crippen LogP contribution >= 0.6 is 50.9 Å². The minimum absolute atomic E-state index is 0.0320. The van der Waals surface area contributed by atoms with Crippen LogP contribution in [0.3, 0.4) is 0 Å². The van der Waals surface area contributed by atoms with Crippen LogP contribution in [0.1, 0.15) is 16.2 Å². The zero-order valence-electron chi connectivity index (χ0n) is 18.3. The molecule has 1 heterocycles. The predicted octanol–water partition coefficient (Wildman–Crippen LogP) is 6.14. The zero-order chi connectivity index (χ0) is 25.7. The van der Waals surface area contributed by atoms with E-state index in [0.29, 0.717) is 16.0 Å². The highest BCUT2D eigenvalue weighted by Crippen LogP contribution is 2.25. The quantitative estimate of drug-likeness (QED) is 0.235. The predicted molar refractivity (Wildman–Crippen MR) is 142 cm³/mol. The summed E-state index contributed by atoms with van der Waals surface area (Å²) < 4.78 is 16.5. The van der Waals surface area contributed by atoms with Crippen LogP contribution < -0.4 is 10.6 Å². The molecule has 0 atom stereocenters. The Bertz CT molecular complexity index is 1420. The van der Waals surface area contributed by atoms with E-state index in [1.807, 2.05) is 24.3 Å². The smallest absolute Gasteiger partial charge is 0.253 e. The summed E-state index contributed by atoms with van der Waals surface area (Å²) in [4.78, 5) is 25.1. The third kappa shape index (κ3) is 6.44. The van der Waals surface area contributed by atoms with Gasteiger partial charge in [0.1, 0.15) is 5.82 Å². The summed E-state index contributed by atoms with van der Waals surface area (Å²) in [5, 5.41) is 14.8. The second kappa shape index (κ2) is 11.9. The van der Waals surface area contributed by atoms with Gasteiger partial charge in [0, 0.05) is 15.2 Å². The van der Waals surface area contributed by atoms with Gasteiger partial charge in [-0.2, -0.15) is 0 Å². The van der Waals surface area contributed by atoms with Crippen molar-refractivity contribution in [2.24, 2.45) is 0 Å². The summed E-state index contributed by atoms with van der Waals surface area (Å²) in [6.07, 6.45) is 0. The van der Waals surface area contributed by atoms with Crippen LogP contribution in [0.4, 0.5) is 10.1 Å². The Morgan fingerprint density at radius 2 is 1.78 bits per heavy atom. The van der Waals surface area contributed by atoms with Gasteiger partial charge in [0.05, 0.1) is 28.6 Å². The third-order valence-electron chi connectivity index (χ3n) is 4.85. The molecule has 0 aliphatic rings. The van der Waals surface area contributed by atoms with Crippen molar-refractivity contribution in [2.45, 2.75) is 11.7 Å². The Morgan fingerprint density at radius 3 is 2.50 bits per heavy atom. The molecule has 0 spiro atoms. The van der Waals surface area contributed by atoms with Gasteiger partial charge in [0.15, 0.2) is 11.0 Å². The lowest BCUT2D eigenvalue weighted by atomic mass is 10.2. The molecule has 0 aliphatic heterocycles. The fourth-order valence-electron chi connectivity index (χ4n) is 3.16. The van der Waals surface area contributed by atoms with E-state index >= 15 is 0 Å². The maximum Gasteiger partial charge on any atom is 0.253 e. The molecule has 12 heteroatoms. The zero-order valence-corrected chi connectivity index (χ0v) is 22.3. The highest BCUT2D eigenvalue weighted by Gasteiger charge is 2.18. The lowest BCUT2D eigenvalue weighted by Gasteiger charge is -2.12. The van der Waals surface area contributed by atoms with Crippen LogP contribution in [0.2, 0.25) is 10.0 Å². The van der Waals surface area contributed by atoms with Crippen LogP contribution in [-0.2, 0) is 11.3 Å². The van der Waals surface area contributed by atoms with Crippen molar-refractivity contribution in [3.8, 4) is 5.69 Å². The van der Waals surface area contributed by atoms with E-state index in [0.717, 1.165) is 21.9 Å². The molecule has 36 heavy (non-hydrogen) atoms. The summed E-state index contributed by atoms with van der Waals surface area (Å²) in [6, 6.07) is 17.9. The molecule has 0 saturated carbocycles. The maximum absolute atomic E-state index is 13.9. The molecular weight excluding hydrogens is 592 g/mol. The van der Waals surface area contributed by atoms with E-state index in [2.05, 4.69) is 36.8 Å². The van der Waals surface area contributed by atoms with Crippen molar-refractivity contribution in [1.82, 2.24) is 20.1 Å². The van der Waals surface area contributed by atoms with Gasteiger partial charge in [-0.05, 0) is 54.6 Å². The average Bonchev–Trinajstić information content (AvgIpc) is 3.26. The lowest BCUT2D eigenvalue weighted by molar-refractivity contribution is -0.113. The minimum atomic E-state index is -0.521. The van der Waals surface area contributed by atoms with Gasteiger partial charge in [-0.3, -0.25) is 14.2 Å². The third-order valence-corrected chi connectivity index (χ3v) is 6.85. The molecule has 4 aromatic rings. The number of halogens is 4. The van der Waals surface area contributed by atoms with Crippen molar-refractivity contribution in [3.05, 3.63) is 98.5 Å². The largest absolute Gasteiger partial charge is 0.345 e. The number of anilines is 1. The molecule has 0 radical (unpaired) electrons. The molecule has 1 aromatic heterocycles. The first kappa shape index (κ1) is 26.2. The van der Waals surface area contributed by atoms with E-state index in [1.165, 1.54) is 24.3 Å². The molecule has 0 fully saturated rings. The van der Waals surface area contributed by atoms with Gasteiger partial charge in [0.2, 0.25) is 5.91 Å². The Morgan fingerprint density at radius 1 is 1.03 bits per heavy atom. The molecule has 0 unspecified atom stereocenters. The summed E-state index contributed by atoms with van der Waals surface area (Å²) in [5.74, 6) is -0.918. The average molecular weight is 609 g/mol. The molecule has 2 amide bonds. The highest BCUT2D eigenvalue weighted by atomic mass is 79.9. The van der Waals surface area contributed by atoms with E-state index in [1.54, 1.807) is 22.8 Å². The van der Waals surface area contributed by atoms with Gasteiger partial charge in [-0.15, -0.1) is 10.2 Å². The van der Waals surface area contributed by atoms with Crippen LogP contribution in [0, 0.1) is 5.82 Å². The number of hydrogen-bond acceptors (Lipinski definition) is 5.